The molecule has 2 atom stereocenters. The van der Waals surface area contributed by atoms with E-state index >= 15 is 0 Å². The molecule has 1 aliphatic carbocycles. The average molecular weight is 207 g/mol. The lowest BCUT2D eigenvalue weighted by Gasteiger charge is -2.07. The Morgan fingerprint density at radius 1 is 1.53 bits per heavy atom. The van der Waals surface area contributed by atoms with Crippen LogP contribution in [0.5, 0.6) is 11.5 Å². The number of nitrogens with two attached hydrogens (primary N) is 1. The van der Waals surface area contributed by atoms with Gasteiger partial charge >= 0.3 is 0 Å². The van der Waals surface area contributed by atoms with Crippen molar-refractivity contribution in [1.82, 2.24) is 0 Å². The fourth-order valence-corrected chi connectivity index (χ4v) is 1.95. The van der Waals surface area contributed by atoms with Crippen LogP contribution in [-0.4, -0.2) is 18.3 Å². The monoisotopic (exact) mass is 207 g/mol. The fraction of sp³-hybridized carbons (Fsp3) is 0.500. The second kappa shape index (κ2) is 4.11. The maximum Gasteiger partial charge on any atom is 0.161 e. The highest BCUT2D eigenvalue weighted by Gasteiger charge is 2.37. The predicted octanol–water partition coefficient (Wildman–Crippen LogP) is 1.85. The molecule has 1 fully saturated rings. The third kappa shape index (κ3) is 2.07. The standard InChI is InChI=1S/C12H17NO2/c1-2-15-12-6-8(3-4-11(12)14)10-5-9(10)7-13/h3-4,6,9-10,14H,2,5,7,13H2,1H3/t9-,10-/m0/s1. The van der Waals surface area contributed by atoms with Crippen LogP contribution in [-0.2, 0) is 0 Å². The maximum atomic E-state index is 9.54. The number of ether oxygens (including phenoxy) is 1. The van der Waals surface area contributed by atoms with Crippen molar-refractivity contribution in [2.75, 3.05) is 13.2 Å². The van der Waals surface area contributed by atoms with Crippen LogP contribution in [0.25, 0.3) is 0 Å². The minimum absolute atomic E-state index is 0.213. The molecule has 0 saturated heterocycles. The van der Waals surface area contributed by atoms with Crippen molar-refractivity contribution in [2.24, 2.45) is 11.7 Å². The number of phenolic OH excluding ortho intramolecular Hbond substituents is 1. The quantitative estimate of drug-likeness (QED) is 0.792. The first-order valence-electron chi connectivity index (χ1n) is 5.42. The molecule has 0 heterocycles. The van der Waals surface area contributed by atoms with E-state index in [0.717, 1.165) is 13.0 Å². The van der Waals surface area contributed by atoms with Gasteiger partial charge in [-0.2, -0.15) is 0 Å². The van der Waals surface area contributed by atoms with Gasteiger partial charge in [0.05, 0.1) is 6.61 Å². The number of aromatic hydroxyl groups is 1. The van der Waals surface area contributed by atoms with Crippen LogP contribution in [0.3, 0.4) is 0 Å². The minimum Gasteiger partial charge on any atom is -0.504 e. The Morgan fingerprint density at radius 3 is 2.93 bits per heavy atom. The molecule has 3 heteroatoms. The van der Waals surface area contributed by atoms with Crippen LogP contribution in [0.4, 0.5) is 0 Å². The van der Waals surface area contributed by atoms with E-state index in [1.54, 1.807) is 6.07 Å². The molecular weight excluding hydrogens is 190 g/mol. The summed E-state index contributed by atoms with van der Waals surface area (Å²) in [7, 11) is 0. The molecule has 3 N–H and O–H groups in total. The van der Waals surface area contributed by atoms with E-state index in [1.807, 2.05) is 19.1 Å². The van der Waals surface area contributed by atoms with Gasteiger partial charge in [-0.3, -0.25) is 0 Å². The molecule has 0 radical (unpaired) electrons. The molecule has 0 amide bonds. The summed E-state index contributed by atoms with van der Waals surface area (Å²) in [6.07, 6.45) is 1.16. The zero-order valence-corrected chi connectivity index (χ0v) is 8.94. The molecule has 1 saturated carbocycles. The van der Waals surface area contributed by atoms with Crippen LogP contribution in [0.2, 0.25) is 0 Å². The van der Waals surface area contributed by atoms with Crippen molar-refractivity contribution in [3.63, 3.8) is 0 Å². The largest absolute Gasteiger partial charge is 0.504 e. The molecule has 0 aliphatic heterocycles. The van der Waals surface area contributed by atoms with Gasteiger partial charge in [-0.15, -0.1) is 0 Å². The van der Waals surface area contributed by atoms with Crippen LogP contribution in [0.1, 0.15) is 24.8 Å². The lowest BCUT2D eigenvalue weighted by Crippen LogP contribution is -2.02. The Balaban J connectivity index is 2.16. The van der Waals surface area contributed by atoms with Crippen molar-refractivity contribution in [3.05, 3.63) is 23.8 Å². The summed E-state index contributed by atoms with van der Waals surface area (Å²) in [6, 6.07) is 5.59. The Bertz CT molecular complexity index is 351. The lowest BCUT2D eigenvalue weighted by molar-refractivity contribution is 0.317. The van der Waals surface area contributed by atoms with E-state index in [2.05, 4.69) is 0 Å². The van der Waals surface area contributed by atoms with Gasteiger partial charge in [-0.25, -0.2) is 0 Å². The molecule has 82 valence electrons. The van der Waals surface area contributed by atoms with Gasteiger partial charge in [0.1, 0.15) is 0 Å². The topological polar surface area (TPSA) is 55.5 Å². The zero-order chi connectivity index (χ0) is 10.8. The van der Waals surface area contributed by atoms with Gasteiger partial charge in [0.15, 0.2) is 11.5 Å². The van der Waals surface area contributed by atoms with Gasteiger partial charge in [0, 0.05) is 0 Å². The van der Waals surface area contributed by atoms with Crippen LogP contribution in [0.15, 0.2) is 18.2 Å². The SMILES string of the molecule is CCOc1cc([C@@H]2C[C@H]2CN)ccc1O. The smallest absolute Gasteiger partial charge is 0.161 e. The second-order valence-corrected chi connectivity index (χ2v) is 4.00. The molecule has 0 spiro atoms. The highest BCUT2D eigenvalue weighted by Crippen LogP contribution is 2.48. The third-order valence-corrected chi connectivity index (χ3v) is 2.94. The number of hydrogen-bond donors (Lipinski definition) is 2. The number of benzene rings is 1. The molecule has 2 rings (SSSR count). The van der Waals surface area contributed by atoms with E-state index in [1.165, 1.54) is 5.56 Å². The predicted molar refractivity (Wildman–Crippen MR) is 59.2 cm³/mol. The van der Waals surface area contributed by atoms with Gasteiger partial charge in [-0.1, -0.05) is 6.07 Å². The fourth-order valence-electron chi connectivity index (χ4n) is 1.95. The van der Waals surface area contributed by atoms with Gasteiger partial charge in [0.25, 0.3) is 0 Å². The highest BCUT2D eigenvalue weighted by molar-refractivity contribution is 5.44. The van der Waals surface area contributed by atoms with Crippen molar-refractivity contribution in [2.45, 2.75) is 19.3 Å². The van der Waals surface area contributed by atoms with Crippen LogP contribution < -0.4 is 10.5 Å². The number of hydrogen-bond acceptors (Lipinski definition) is 3. The van der Waals surface area contributed by atoms with Crippen molar-refractivity contribution in [1.29, 1.82) is 0 Å². The normalized spacial score (nSPS) is 23.9. The molecule has 1 aromatic carbocycles. The number of rotatable bonds is 4. The molecule has 1 aliphatic rings. The Kier molecular flexibility index (Phi) is 2.82. The Hall–Kier alpha value is -1.22. The van der Waals surface area contributed by atoms with E-state index in [0.29, 0.717) is 24.2 Å². The van der Waals surface area contributed by atoms with E-state index < -0.39 is 0 Å². The average Bonchev–Trinajstić information content (AvgIpc) is 3.01. The summed E-state index contributed by atoms with van der Waals surface area (Å²) >= 11 is 0. The summed E-state index contributed by atoms with van der Waals surface area (Å²) in [4.78, 5) is 0. The third-order valence-electron chi connectivity index (χ3n) is 2.94. The van der Waals surface area contributed by atoms with E-state index in [-0.39, 0.29) is 5.75 Å². The molecular formula is C12H17NO2. The zero-order valence-electron chi connectivity index (χ0n) is 8.94. The Morgan fingerprint density at radius 2 is 2.33 bits per heavy atom. The summed E-state index contributed by atoms with van der Waals surface area (Å²) < 4.78 is 5.34. The molecule has 1 aromatic rings. The highest BCUT2D eigenvalue weighted by atomic mass is 16.5. The number of phenols is 1. The summed E-state index contributed by atoms with van der Waals surface area (Å²) in [5.41, 5.74) is 6.84. The molecule has 3 nitrogen and oxygen atoms in total. The Labute approximate surface area is 89.9 Å². The summed E-state index contributed by atoms with van der Waals surface area (Å²) in [6.45, 7) is 3.23. The first-order valence-corrected chi connectivity index (χ1v) is 5.42. The summed E-state index contributed by atoms with van der Waals surface area (Å²) in [5.74, 6) is 1.97. The van der Waals surface area contributed by atoms with Crippen molar-refractivity contribution >= 4 is 0 Å². The van der Waals surface area contributed by atoms with Gasteiger partial charge < -0.3 is 15.6 Å². The van der Waals surface area contributed by atoms with E-state index in [9.17, 15) is 5.11 Å². The first-order chi connectivity index (χ1) is 7.26. The lowest BCUT2D eigenvalue weighted by atomic mass is 10.1. The molecule has 0 unspecified atom stereocenters. The molecule has 0 aromatic heterocycles. The maximum absolute atomic E-state index is 9.54. The molecule has 15 heavy (non-hydrogen) atoms. The van der Waals surface area contributed by atoms with Crippen LogP contribution >= 0.6 is 0 Å². The van der Waals surface area contributed by atoms with E-state index in [4.69, 9.17) is 10.5 Å². The van der Waals surface area contributed by atoms with Gasteiger partial charge in [0.2, 0.25) is 0 Å². The molecule has 0 bridgehead atoms. The first kappa shape index (κ1) is 10.3. The van der Waals surface area contributed by atoms with Crippen LogP contribution in [0, 0.1) is 5.92 Å². The summed E-state index contributed by atoms with van der Waals surface area (Å²) in [5, 5.41) is 9.54. The minimum atomic E-state index is 0.213. The second-order valence-electron chi connectivity index (χ2n) is 4.00. The van der Waals surface area contributed by atoms with Crippen molar-refractivity contribution < 1.29 is 9.84 Å². The van der Waals surface area contributed by atoms with Gasteiger partial charge in [-0.05, 0) is 49.4 Å². The van der Waals surface area contributed by atoms with Crippen molar-refractivity contribution in [3.8, 4) is 11.5 Å².